The monoisotopic (exact) mass is 208 g/mol. The Balaban J connectivity index is 1.96. The van der Waals surface area contributed by atoms with Crippen molar-refractivity contribution in [1.29, 1.82) is 0 Å². The van der Waals surface area contributed by atoms with Crippen LogP contribution in [0, 0.1) is 0 Å². The lowest BCUT2D eigenvalue weighted by Gasteiger charge is -2.11. The molecule has 1 atom stereocenters. The number of aromatic nitrogens is 1. The first-order valence-corrected chi connectivity index (χ1v) is 6.47. The third kappa shape index (κ3) is 2.10. The number of fused-ring (bicyclic) bond motifs is 1. The molecule has 14 heavy (non-hydrogen) atoms. The Morgan fingerprint density at radius 3 is 3.43 bits per heavy atom. The van der Waals surface area contributed by atoms with Crippen molar-refractivity contribution in [2.45, 2.75) is 18.9 Å². The number of aryl methyl sites for hydroxylation is 1. The quantitative estimate of drug-likeness (QED) is 0.766. The van der Waals surface area contributed by atoms with Gasteiger partial charge in [-0.1, -0.05) is 6.07 Å². The molecule has 1 aromatic heterocycles. The van der Waals surface area contributed by atoms with Crippen LogP contribution in [0.3, 0.4) is 0 Å². The smallest absolute Gasteiger partial charge is 0.0605 e. The van der Waals surface area contributed by atoms with Gasteiger partial charge in [0, 0.05) is 18.5 Å². The van der Waals surface area contributed by atoms with Crippen molar-refractivity contribution in [3.05, 3.63) is 29.6 Å². The van der Waals surface area contributed by atoms with Crippen LogP contribution < -0.4 is 5.32 Å². The van der Waals surface area contributed by atoms with Gasteiger partial charge in [-0.05, 0) is 30.7 Å². The van der Waals surface area contributed by atoms with Crippen molar-refractivity contribution in [2.75, 3.05) is 18.6 Å². The summed E-state index contributed by atoms with van der Waals surface area (Å²) in [6, 6.07) is 4.72. The number of hydrogen-bond acceptors (Lipinski definition) is 3. The zero-order valence-corrected chi connectivity index (χ0v) is 9.31. The van der Waals surface area contributed by atoms with E-state index in [0.717, 1.165) is 6.54 Å². The van der Waals surface area contributed by atoms with E-state index in [0.29, 0.717) is 6.04 Å². The second-order valence-electron chi connectivity index (χ2n) is 3.59. The van der Waals surface area contributed by atoms with E-state index >= 15 is 0 Å². The van der Waals surface area contributed by atoms with E-state index in [1.54, 1.807) is 0 Å². The number of rotatable bonds is 4. The normalized spacial score (nSPS) is 19.6. The molecular weight excluding hydrogens is 192 g/mol. The van der Waals surface area contributed by atoms with E-state index in [9.17, 15) is 0 Å². The van der Waals surface area contributed by atoms with E-state index in [1.165, 1.54) is 29.9 Å². The Hall–Kier alpha value is -0.540. The largest absolute Gasteiger partial charge is 0.308 e. The summed E-state index contributed by atoms with van der Waals surface area (Å²) in [5, 5.41) is 3.56. The summed E-state index contributed by atoms with van der Waals surface area (Å²) in [5.74, 6) is 1.18. The first kappa shape index (κ1) is 9.99. The lowest BCUT2D eigenvalue weighted by atomic mass is 10.2. The van der Waals surface area contributed by atoms with Crippen molar-refractivity contribution in [2.24, 2.45) is 0 Å². The molecule has 1 aliphatic carbocycles. The molecule has 76 valence electrons. The van der Waals surface area contributed by atoms with Crippen LogP contribution in [0.5, 0.6) is 0 Å². The molecule has 2 rings (SSSR count). The van der Waals surface area contributed by atoms with Gasteiger partial charge in [0.2, 0.25) is 0 Å². The average molecular weight is 208 g/mol. The van der Waals surface area contributed by atoms with Gasteiger partial charge in [0.05, 0.1) is 11.7 Å². The molecule has 2 nitrogen and oxygen atoms in total. The van der Waals surface area contributed by atoms with Gasteiger partial charge in [-0.25, -0.2) is 0 Å². The lowest BCUT2D eigenvalue weighted by molar-refractivity contribution is 0.542. The summed E-state index contributed by atoms with van der Waals surface area (Å²) >= 11 is 1.88. The van der Waals surface area contributed by atoms with Crippen molar-refractivity contribution >= 4 is 11.8 Å². The van der Waals surface area contributed by atoms with E-state index in [1.807, 2.05) is 24.0 Å². The molecule has 0 fully saturated rings. The van der Waals surface area contributed by atoms with Crippen LogP contribution in [-0.2, 0) is 6.42 Å². The summed E-state index contributed by atoms with van der Waals surface area (Å²) in [6.45, 7) is 1.09. The molecular formula is C11H16N2S. The minimum Gasteiger partial charge on any atom is -0.308 e. The van der Waals surface area contributed by atoms with Crippen molar-refractivity contribution in [3.63, 3.8) is 0 Å². The molecule has 1 unspecified atom stereocenters. The van der Waals surface area contributed by atoms with Gasteiger partial charge in [-0.2, -0.15) is 11.8 Å². The van der Waals surface area contributed by atoms with Crippen LogP contribution in [0.1, 0.15) is 23.7 Å². The van der Waals surface area contributed by atoms with Gasteiger partial charge >= 0.3 is 0 Å². The average Bonchev–Trinajstić information content (AvgIpc) is 2.63. The zero-order chi connectivity index (χ0) is 9.80. The minimum atomic E-state index is 0.498. The predicted molar refractivity (Wildman–Crippen MR) is 61.7 cm³/mol. The molecule has 0 saturated carbocycles. The van der Waals surface area contributed by atoms with Crippen LogP contribution in [0.2, 0.25) is 0 Å². The first-order chi connectivity index (χ1) is 6.92. The van der Waals surface area contributed by atoms with Gasteiger partial charge in [-0.15, -0.1) is 0 Å². The van der Waals surface area contributed by atoms with Crippen LogP contribution in [0.15, 0.2) is 18.3 Å². The Bertz CT molecular complexity index is 301. The predicted octanol–water partition coefficient (Wildman–Crippen LogP) is 2.02. The summed E-state index contributed by atoms with van der Waals surface area (Å²) in [7, 11) is 0. The fourth-order valence-corrected chi connectivity index (χ4v) is 2.27. The number of nitrogens with zero attached hydrogens (tertiary/aromatic N) is 1. The maximum absolute atomic E-state index is 4.45. The van der Waals surface area contributed by atoms with E-state index in [4.69, 9.17) is 0 Å². The van der Waals surface area contributed by atoms with Crippen molar-refractivity contribution in [3.8, 4) is 0 Å². The Labute approximate surface area is 89.5 Å². The molecule has 0 radical (unpaired) electrons. The highest BCUT2D eigenvalue weighted by Crippen LogP contribution is 2.28. The Kier molecular flexibility index (Phi) is 3.43. The zero-order valence-electron chi connectivity index (χ0n) is 8.49. The van der Waals surface area contributed by atoms with Gasteiger partial charge in [-0.3, -0.25) is 4.98 Å². The molecule has 0 aliphatic heterocycles. The molecule has 1 aromatic rings. The van der Waals surface area contributed by atoms with Gasteiger partial charge in [0.1, 0.15) is 0 Å². The van der Waals surface area contributed by atoms with E-state index in [2.05, 4.69) is 22.6 Å². The Morgan fingerprint density at radius 1 is 1.64 bits per heavy atom. The van der Waals surface area contributed by atoms with E-state index in [-0.39, 0.29) is 0 Å². The maximum atomic E-state index is 4.45. The fraction of sp³-hybridized carbons (Fsp3) is 0.545. The number of thioether (sulfide) groups is 1. The molecule has 1 aliphatic rings. The van der Waals surface area contributed by atoms with Crippen LogP contribution in [0.4, 0.5) is 0 Å². The van der Waals surface area contributed by atoms with E-state index < -0.39 is 0 Å². The molecule has 0 bridgehead atoms. The van der Waals surface area contributed by atoms with Gasteiger partial charge in [0.15, 0.2) is 0 Å². The van der Waals surface area contributed by atoms with Crippen molar-refractivity contribution < 1.29 is 0 Å². The standard InChI is InChI=1S/C11H16N2S/c1-14-8-7-12-10-5-4-9-3-2-6-13-11(9)10/h2-3,6,10,12H,4-5,7-8H2,1H3. The number of pyridine rings is 1. The molecule has 1 heterocycles. The summed E-state index contributed by atoms with van der Waals surface area (Å²) in [6.07, 6.45) is 6.43. The third-order valence-corrected chi connectivity index (χ3v) is 3.27. The molecule has 0 spiro atoms. The highest BCUT2D eigenvalue weighted by atomic mass is 32.2. The Morgan fingerprint density at radius 2 is 2.57 bits per heavy atom. The highest BCUT2D eigenvalue weighted by Gasteiger charge is 2.22. The van der Waals surface area contributed by atoms with Gasteiger partial charge in [0.25, 0.3) is 0 Å². The SMILES string of the molecule is CSCCNC1CCc2cccnc21. The second-order valence-corrected chi connectivity index (χ2v) is 4.57. The molecule has 3 heteroatoms. The molecule has 0 amide bonds. The van der Waals surface area contributed by atoms with Crippen LogP contribution in [0.25, 0.3) is 0 Å². The number of hydrogen-bond donors (Lipinski definition) is 1. The first-order valence-electron chi connectivity index (χ1n) is 5.08. The highest BCUT2D eigenvalue weighted by molar-refractivity contribution is 7.98. The third-order valence-electron chi connectivity index (χ3n) is 2.66. The summed E-state index contributed by atoms with van der Waals surface area (Å²) < 4.78 is 0. The summed E-state index contributed by atoms with van der Waals surface area (Å²) in [4.78, 5) is 4.45. The topological polar surface area (TPSA) is 24.9 Å². The van der Waals surface area contributed by atoms with Crippen LogP contribution >= 0.6 is 11.8 Å². The van der Waals surface area contributed by atoms with Crippen LogP contribution in [-0.4, -0.2) is 23.5 Å². The second kappa shape index (κ2) is 4.80. The lowest BCUT2D eigenvalue weighted by Crippen LogP contribution is -2.22. The van der Waals surface area contributed by atoms with Gasteiger partial charge < -0.3 is 5.32 Å². The van der Waals surface area contributed by atoms with Crippen molar-refractivity contribution in [1.82, 2.24) is 10.3 Å². The minimum absolute atomic E-state index is 0.498. The summed E-state index contributed by atoms with van der Waals surface area (Å²) in [5.41, 5.74) is 2.70. The fourth-order valence-electron chi connectivity index (χ4n) is 1.95. The maximum Gasteiger partial charge on any atom is 0.0605 e. The molecule has 1 N–H and O–H groups in total. The molecule has 0 aromatic carbocycles. The number of nitrogens with one attached hydrogen (secondary N) is 1. The molecule has 0 saturated heterocycles.